The number of benzene rings is 1. The fraction of sp³-hybridized carbons (Fsp3) is 0.286. The molecule has 0 unspecified atom stereocenters. The molecule has 0 saturated carbocycles. The number of nitrogens with one attached hydrogen (secondary N) is 2. The van der Waals surface area contributed by atoms with E-state index in [1.807, 2.05) is 30.3 Å². The summed E-state index contributed by atoms with van der Waals surface area (Å²) in [5, 5.41) is 27.3. The summed E-state index contributed by atoms with van der Waals surface area (Å²) < 4.78 is 0. The third kappa shape index (κ3) is 7.22. The normalized spacial score (nSPS) is 12.6. The van der Waals surface area contributed by atoms with Crippen LogP contribution < -0.4 is 10.6 Å². The third-order valence-corrected chi connectivity index (χ3v) is 5.59. The summed E-state index contributed by atoms with van der Waals surface area (Å²) in [5.74, 6) is -1.96. The lowest BCUT2D eigenvalue weighted by Gasteiger charge is -2.22. The second-order valence-corrected chi connectivity index (χ2v) is 8.13. The van der Waals surface area contributed by atoms with Crippen molar-refractivity contribution in [3.05, 3.63) is 76.8 Å². The number of rotatable bonds is 11. The van der Waals surface area contributed by atoms with Gasteiger partial charge in [-0.2, -0.15) is 0 Å². The zero-order chi connectivity index (χ0) is 22.8. The highest BCUT2D eigenvalue weighted by Gasteiger charge is 2.30. The second-order valence-electron chi connectivity index (χ2n) is 7.15. The van der Waals surface area contributed by atoms with Crippen LogP contribution in [0.1, 0.15) is 33.9 Å². The average Bonchev–Trinajstić information content (AvgIpc) is 3.32. The summed E-state index contributed by atoms with van der Waals surface area (Å²) in [6, 6.07) is 8.84. The Bertz CT molecular complexity index is 976. The van der Waals surface area contributed by atoms with Gasteiger partial charge in [-0.25, -0.2) is 9.97 Å². The van der Waals surface area contributed by atoms with Crippen molar-refractivity contribution in [3.63, 3.8) is 0 Å². The van der Waals surface area contributed by atoms with Crippen LogP contribution in [0, 0.1) is 0 Å². The van der Waals surface area contributed by atoms with Crippen molar-refractivity contribution in [2.75, 3.05) is 0 Å². The van der Waals surface area contributed by atoms with Crippen molar-refractivity contribution in [1.82, 2.24) is 25.6 Å². The van der Waals surface area contributed by atoms with Crippen molar-refractivity contribution in [2.45, 2.75) is 37.7 Å². The predicted octanol–water partition coefficient (Wildman–Crippen LogP) is 0.794. The molecule has 2 atom stereocenters. The molecule has 0 aliphatic rings. The van der Waals surface area contributed by atoms with Crippen LogP contribution in [0.4, 0.5) is 0 Å². The predicted molar refractivity (Wildman–Crippen MR) is 121 cm³/mol. The number of carbonyl (C=O) groups is 2. The number of thiazole rings is 1. The maximum atomic E-state index is 13.0. The van der Waals surface area contributed by atoms with Crippen LogP contribution >= 0.6 is 11.3 Å². The van der Waals surface area contributed by atoms with Crippen molar-refractivity contribution >= 4 is 30.3 Å². The maximum absolute atomic E-state index is 13.0. The topological polar surface area (TPSA) is 137 Å². The first-order valence-electron chi connectivity index (χ1n) is 10.2. The molecule has 3 rings (SSSR count). The molecule has 2 aromatic heterocycles. The Balaban J connectivity index is 1.64. The zero-order valence-corrected chi connectivity index (χ0v) is 18.1. The van der Waals surface area contributed by atoms with Crippen LogP contribution in [0.25, 0.3) is 0 Å². The van der Waals surface area contributed by atoms with Gasteiger partial charge in [-0.1, -0.05) is 30.3 Å². The Morgan fingerprint density at radius 3 is 2.53 bits per heavy atom. The summed E-state index contributed by atoms with van der Waals surface area (Å²) >= 11 is 1.36. The van der Waals surface area contributed by atoms with E-state index >= 15 is 0 Å². The van der Waals surface area contributed by atoms with Crippen LogP contribution in [0.5, 0.6) is 0 Å². The molecular weight excluding hydrogens is 429 g/mol. The van der Waals surface area contributed by atoms with E-state index in [0.29, 0.717) is 17.8 Å². The molecule has 0 saturated heterocycles. The van der Waals surface area contributed by atoms with E-state index in [2.05, 4.69) is 25.6 Å². The molecule has 32 heavy (non-hydrogen) atoms. The number of hydrogen-bond donors (Lipinski definition) is 4. The van der Waals surface area contributed by atoms with Gasteiger partial charge < -0.3 is 20.7 Å². The summed E-state index contributed by atoms with van der Waals surface area (Å²) in [6.07, 6.45) is 7.66. The Hall–Kier alpha value is -3.15. The number of carbonyl (C=O) groups excluding carboxylic acids is 2. The third-order valence-electron chi connectivity index (χ3n) is 4.79. The first kappa shape index (κ1) is 23.5. The molecule has 9 nitrogen and oxygen atoms in total. The fourth-order valence-electron chi connectivity index (χ4n) is 3.14. The van der Waals surface area contributed by atoms with Gasteiger partial charge >= 0.3 is 7.12 Å². The average molecular weight is 453 g/mol. The highest BCUT2D eigenvalue weighted by molar-refractivity contribution is 7.09. The number of nitrogens with zero attached hydrogens (tertiary/aromatic N) is 3. The van der Waals surface area contributed by atoms with Gasteiger partial charge in [0.2, 0.25) is 5.91 Å². The van der Waals surface area contributed by atoms with E-state index in [1.54, 1.807) is 11.6 Å². The summed E-state index contributed by atoms with van der Waals surface area (Å²) in [6.45, 7) is 0. The van der Waals surface area contributed by atoms with Crippen LogP contribution in [-0.4, -0.2) is 55.9 Å². The highest BCUT2D eigenvalue weighted by atomic mass is 32.1. The Morgan fingerprint density at radius 2 is 1.88 bits per heavy atom. The van der Waals surface area contributed by atoms with Gasteiger partial charge in [0.25, 0.3) is 5.91 Å². The lowest BCUT2D eigenvalue weighted by atomic mass is 9.76. The smallest absolute Gasteiger partial charge is 0.426 e. The standard InChI is InChI=1S/C21H24BN5O4S/c28-20(27-18(22(30)31)8-4-7-15-5-2-1-3-6-15)16(13-19-25-11-12-32-19)26-21(29)17-14-23-9-10-24-17/h1-3,5-6,9-12,14,16,18,30-31H,4,7-8,13H2,(H,26,29)(H,27,28)/t16-,18+/m1/s1. The van der Waals surface area contributed by atoms with Crippen molar-refractivity contribution in [1.29, 1.82) is 0 Å². The summed E-state index contributed by atoms with van der Waals surface area (Å²) in [4.78, 5) is 37.5. The van der Waals surface area contributed by atoms with E-state index in [1.165, 1.54) is 29.9 Å². The minimum absolute atomic E-state index is 0.0750. The molecular formula is C21H24BN5O4S. The molecule has 0 spiro atoms. The molecule has 4 N–H and O–H groups in total. The van der Waals surface area contributed by atoms with Crippen LogP contribution in [0.15, 0.2) is 60.5 Å². The van der Waals surface area contributed by atoms with Crippen molar-refractivity contribution < 1.29 is 19.6 Å². The molecule has 0 bridgehead atoms. The summed E-state index contributed by atoms with van der Waals surface area (Å²) in [5.41, 5.74) is 1.20. The quantitative estimate of drug-likeness (QED) is 0.315. The molecule has 0 aliphatic heterocycles. The van der Waals surface area contributed by atoms with Gasteiger partial charge in [0.1, 0.15) is 11.7 Å². The van der Waals surface area contributed by atoms with Gasteiger partial charge in [-0.05, 0) is 24.8 Å². The summed E-state index contributed by atoms with van der Waals surface area (Å²) in [7, 11) is -1.73. The van der Waals surface area contributed by atoms with Crippen LogP contribution in [0.3, 0.4) is 0 Å². The SMILES string of the molecule is O=C(N[C@H](Cc1nccs1)C(=O)N[C@@H](CCCc1ccccc1)B(O)O)c1cnccn1. The Morgan fingerprint density at radius 1 is 1.06 bits per heavy atom. The van der Waals surface area contributed by atoms with E-state index < -0.39 is 30.9 Å². The number of aryl methyl sites for hydroxylation is 1. The monoisotopic (exact) mass is 453 g/mol. The van der Waals surface area contributed by atoms with Gasteiger partial charge in [0, 0.05) is 30.4 Å². The minimum Gasteiger partial charge on any atom is -0.426 e. The van der Waals surface area contributed by atoms with Gasteiger partial charge in [0.05, 0.1) is 17.1 Å². The van der Waals surface area contributed by atoms with Gasteiger partial charge in [-0.15, -0.1) is 11.3 Å². The first-order valence-corrected chi connectivity index (χ1v) is 11.1. The molecule has 2 amide bonds. The molecule has 0 radical (unpaired) electrons. The molecule has 0 fully saturated rings. The van der Waals surface area contributed by atoms with E-state index in [-0.39, 0.29) is 12.1 Å². The maximum Gasteiger partial charge on any atom is 0.475 e. The van der Waals surface area contributed by atoms with Crippen molar-refractivity contribution in [3.8, 4) is 0 Å². The number of aromatic nitrogens is 3. The lowest BCUT2D eigenvalue weighted by molar-refractivity contribution is -0.123. The number of hydrogen-bond acceptors (Lipinski definition) is 8. The molecule has 1 aromatic carbocycles. The van der Waals surface area contributed by atoms with E-state index in [0.717, 1.165) is 12.0 Å². The van der Waals surface area contributed by atoms with Gasteiger partial charge in [0.15, 0.2) is 0 Å². The van der Waals surface area contributed by atoms with E-state index in [4.69, 9.17) is 0 Å². The van der Waals surface area contributed by atoms with E-state index in [9.17, 15) is 19.6 Å². The molecule has 3 aromatic rings. The molecule has 2 heterocycles. The van der Waals surface area contributed by atoms with Gasteiger partial charge in [-0.3, -0.25) is 14.6 Å². The van der Waals surface area contributed by atoms with Crippen LogP contribution in [-0.2, 0) is 17.6 Å². The Kier molecular flexibility index (Phi) is 8.84. The number of amides is 2. The van der Waals surface area contributed by atoms with Crippen LogP contribution in [0.2, 0.25) is 0 Å². The lowest BCUT2D eigenvalue weighted by Crippen LogP contribution is -2.54. The van der Waals surface area contributed by atoms with Crippen molar-refractivity contribution in [2.24, 2.45) is 0 Å². The minimum atomic E-state index is -1.73. The highest BCUT2D eigenvalue weighted by Crippen LogP contribution is 2.11. The molecule has 166 valence electrons. The largest absolute Gasteiger partial charge is 0.475 e. The molecule has 11 heteroatoms. The zero-order valence-electron chi connectivity index (χ0n) is 17.3. The Labute approximate surface area is 190 Å². The molecule has 0 aliphatic carbocycles. The second kappa shape index (κ2) is 12.0. The fourth-order valence-corrected chi connectivity index (χ4v) is 3.80. The first-order chi connectivity index (χ1) is 15.5.